The van der Waals surface area contributed by atoms with Crippen molar-refractivity contribution in [3.63, 3.8) is 0 Å². The highest BCUT2D eigenvalue weighted by atomic mass is 127. The van der Waals surface area contributed by atoms with Gasteiger partial charge in [0.1, 0.15) is 5.82 Å². The van der Waals surface area contributed by atoms with Gasteiger partial charge in [0.15, 0.2) is 5.96 Å². The van der Waals surface area contributed by atoms with Crippen LogP contribution in [0.1, 0.15) is 19.2 Å². The summed E-state index contributed by atoms with van der Waals surface area (Å²) >= 11 is 0. The maximum Gasteiger partial charge on any atom is 0.191 e. The Morgan fingerprint density at radius 1 is 1.18 bits per heavy atom. The lowest BCUT2D eigenvalue weighted by Crippen LogP contribution is -2.39. The number of halogens is 1. The molecule has 0 spiro atoms. The standard InChI is InChI=1S/C20H32N6O.HI/c1-3-21-20(22-9-6-11-25-13-15-27-16-14-25)23-10-12-26-17(2)24-18-7-4-5-8-19(18)26;/h4-5,7-8H,3,6,9-16H2,1-2H3,(H2,21,22,23);1H. The molecular weight excluding hydrogens is 467 g/mol. The fourth-order valence-corrected chi connectivity index (χ4v) is 3.42. The number of nitrogens with one attached hydrogen (secondary N) is 2. The molecule has 0 bridgehead atoms. The van der Waals surface area contributed by atoms with Crippen LogP contribution >= 0.6 is 24.0 Å². The number of nitrogens with zero attached hydrogens (tertiary/aromatic N) is 4. The van der Waals surface area contributed by atoms with Gasteiger partial charge in [-0.25, -0.2) is 4.98 Å². The number of fused-ring (bicyclic) bond motifs is 1. The fraction of sp³-hybridized carbons (Fsp3) is 0.600. The highest BCUT2D eigenvalue weighted by Crippen LogP contribution is 2.14. The van der Waals surface area contributed by atoms with Crippen molar-refractivity contribution in [3.8, 4) is 0 Å². The Bertz CT molecular complexity index is 741. The number of morpholine rings is 1. The second-order valence-corrected chi connectivity index (χ2v) is 6.79. The van der Waals surface area contributed by atoms with Crippen LogP contribution in [0.25, 0.3) is 11.0 Å². The third-order valence-corrected chi connectivity index (χ3v) is 4.82. The Balaban J connectivity index is 0.00000280. The highest BCUT2D eigenvalue weighted by Gasteiger charge is 2.09. The largest absolute Gasteiger partial charge is 0.379 e. The van der Waals surface area contributed by atoms with E-state index < -0.39 is 0 Å². The molecule has 0 unspecified atom stereocenters. The molecule has 0 atom stereocenters. The lowest BCUT2D eigenvalue weighted by molar-refractivity contribution is 0.0377. The second-order valence-electron chi connectivity index (χ2n) is 6.79. The van der Waals surface area contributed by atoms with E-state index in [0.29, 0.717) is 0 Å². The molecule has 1 aliphatic heterocycles. The van der Waals surface area contributed by atoms with Gasteiger partial charge in [0.25, 0.3) is 0 Å². The maximum atomic E-state index is 5.39. The zero-order chi connectivity index (χ0) is 18.9. The van der Waals surface area contributed by atoms with Crippen molar-refractivity contribution in [1.82, 2.24) is 25.1 Å². The first-order valence-corrected chi connectivity index (χ1v) is 10.0. The summed E-state index contributed by atoms with van der Waals surface area (Å²) in [5.74, 6) is 1.94. The SMILES string of the molecule is CCNC(=NCCCN1CCOCC1)NCCn1c(C)nc2ccccc21.I. The topological polar surface area (TPSA) is 66.7 Å². The Morgan fingerprint density at radius 3 is 2.75 bits per heavy atom. The molecule has 28 heavy (non-hydrogen) atoms. The van der Waals surface area contributed by atoms with Crippen molar-refractivity contribution in [2.45, 2.75) is 26.8 Å². The van der Waals surface area contributed by atoms with E-state index in [1.54, 1.807) is 0 Å². The molecule has 0 amide bonds. The van der Waals surface area contributed by atoms with E-state index in [2.05, 4.69) is 57.1 Å². The van der Waals surface area contributed by atoms with Gasteiger partial charge in [-0.1, -0.05) is 12.1 Å². The van der Waals surface area contributed by atoms with E-state index >= 15 is 0 Å². The number of aliphatic imine (C=N–C) groups is 1. The third-order valence-electron chi connectivity index (χ3n) is 4.82. The maximum absolute atomic E-state index is 5.39. The van der Waals surface area contributed by atoms with Gasteiger partial charge in [-0.2, -0.15) is 0 Å². The molecular formula is C20H33IN6O. The van der Waals surface area contributed by atoms with E-state index in [9.17, 15) is 0 Å². The number of ether oxygens (including phenoxy) is 1. The monoisotopic (exact) mass is 500 g/mol. The first-order chi connectivity index (χ1) is 13.3. The fourth-order valence-electron chi connectivity index (χ4n) is 3.42. The van der Waals surface area contributed by atoms with Crippen LogP contribution in [-0.2, 0) is 11.3 Å². The molecule has 2 heterocycles. The van der Waals surface area contributed by atoms with Gasteiger partial charge in [-0.05, 0) is 32.4 Å². The predicted molar refractivity (Wildman–Crippen MR) is 126 cm³/mol. The van der Waals surface area contributed by atoms with Crippen molar-refractivity contribution < 1.29 is 4.74 Å². The number of rotatable bonds is 8. The predicted octanol–water partition coefficient (Wildman–Crippen LogP) is 2.24. The number of para-hydroxylation sites is 2. The van der Waals surface area contributed by atoms with Gasteiger partial charge in [0.05, 0.1) is 24.2 Å². The summed E-state index contributed by atoms with van der Waals surface area (Å²) in [4.78, 5) is 11.8. The minimum absolute atomic E-state index is 0. The molecule has 3 rings (SSSR count). The molecule has 1 aromatic carbocycles. The zero-order valence-corrected chi connectivity index (χ0v) is 19.3. The Hall–Kier alpha value is -1.39. The van der Waals surface area contributed by atoms with Crippen LogP contribution in [0, 0.1) is 6.92 Å². The molecule has 1 aromatic heterocycles. The number of hydrogen-bond acceptors (Lipinski definition) is 4. The lowest BCUT2D eigenvalue weighted by Gasteiger charge is -2.26. The Kier molecular flexibility index (Phi) is 10.0. The zero-order valence-electron chi connectivity index (χ0n) is 17.0. The average Bonchev–Trinajstić information content (AvgIpc) is 3.01. The van der Waals surface area contributed by atoms with E-state index in [1.165, 1.54) is 5.52 Å². The molecule has 7 nitrogen and oxygen atoms in total. The van der Waals surface area contributed by atoms with Crippen LogP contribution < -0.4 is 10.6 Å². The van der Waals surface area contributed by atoms with Gasteiger partial charge in [-0.15, -0.1) is 24.0 Å². The molecule has 0 radical (unpaired) electrons. The summed E-state index contributed by atoms with van der Waals surface area (Å²) in [5.41, 5.74) is 2.24. The average molecular weight is 500 g/mol. The molecule has 1 saturated heterocycles. The van der Waals surface area contributed by atoms with E-state index in [1.807, 2.05) is 6.07 Å². The summed E-state index contributed by atoms with van der Waals surface area (Å²) in [6.07, 6.45) is 1.07. The summed E-state index contributed by atoms with van der Waals surface area (Å²) in [6.45, 7) is 12.4. The number of imidazole rings is 1. The van der Waals surface area contributed by atoms with Gasteiger partial charge in [0, 0.05) is 45.8 Å². The van der Waals surface area contributed by atoms with Gasteiger partial charge in [-0.3, -0.25) is 9.89 Å². The lowest BCUT2D eigenvalue weighted by atomic mass is 10.3. The van der Waals surface area contributed by atoms with Crippen LogP contribution in [0.3, 0.4) is 0 Å². The number of guanidine groups is 1. The Morgan fingerprint density at radius 2 is 1.96 bits per heavy atom. The van der Waals surface area contributed by atoms with Crippen molar-refractivity contribution in [2.75, 3.05) is 52.5 Å². The highest BCUT2D eigenvalue weighted by molar-refractivity contribution is 14.0. The number of aromatic nitrogens is 2. The minimum atomic E-state index is 0. The smallest absolute Gasteiger partial charge is 0.191 e. The van der Waals surface area contributed by atoms with Crippen LogP contribution in [0.2, 0.25) is 0 Å². The number of benzene rings is 1. The molecule has 0 aliphatic carbocycles. The quantitative estimate of drug-likeness (QED) is 0.252. The molecule has 1 aliphatic rings. The number of aryl methyl sites for hydroxylation is 1. The van der Waals surface area contributed by atoms with Crippen LogP contribution in [-0.4, -0.2) is 72.9 Å². The van der Waals surface area contributed by atoms with Crippen LogP contribution in [0.5, 0.6) is 0 Å². The van der Waals surface area contributed by atoms with Gasteiger partial charge < -0.3 is 19.9 Å². The summed E-state index contributed by atoms with van der Waals surface area (Å²) in [6, 6.07) is 8.28. The summed E-state index contributed by atoms with van der Waals surface area (Å²) < 4.78 is 7.64. The Labute approximate surface area is 185 Å². The molecule has 1 fully saturated rings. The van der Waals surface area contributed by atoms with Crippen LogP contribution in [0.15, 0.2) is 29.3 Å². The number of hydrogen-bond donors (Lipinski definition) is 2. The molecule has 0 saturated carbocycles. The van der Waals surface area contributed by atoms with E-state index in [-0.39, 0.29) is 24.0 Å². The van der Waals surface area contributed by atoms with E-state index in [0.717, 1.165) is 82.7 Å². The normalized spacial score (nSPS) is 15.4. The summed E-state index contributed by atoms with van der Waals surface area (Å²) in [7, 11) is 0. The third kappa shape index (κ3) is 6.59. The first-order valence-electron chi connectivity index (χ1n) is 10.0. The van der Waals surface area contributed by atoms with Crippen molar-refractivity contribution in [2.24, 2.45) is 4.99 Å². The van der Waals surface area contributed by atoms with Gasteiger partial charge >= 0.3 is 0 Å². The molecule has 2 N–H and O–H groups in total. The first kappa shape index (κ1) is 22.9. The molecule has 8 heteroatoms. The van der Waals surface area contributed by atoms with Gasteiger partial charge in [0.2, 0.25) is 0 Å². The van der Waals surface area contributed by atoms with Crippen molar-refractivity contribution in [1.29, 1.82) is 0 Å². The summed E-state index contributed by atoms with van der Waals surface area (Å²) in [5, 5.41) is 6.78. The molecule has 156 valence electrons. The van der Waals surface area contributed by atoms with Crippen LogP contribution in [0.4, 0.5) is 0 Å². The minimum Gasteiger partial charge on any atom is -0.379 e. The van der Waals surface area contributed by atoms with Crippen molar-refractivity contribution in [3.05, 3.63) is 30.1 Å². The van der Waals surface area contributed by atoms with E-state index in [4.69, 9.17) is 9.73 Å². The molecule has 2 aromatic rings. The second kappa shape index (κ2) is 12.2. The van der Waals surface area contributed by atoms with Crippen molar-refractivity contribution >= 4 is 41.0 Å².